The van der Waals surface area contributed by atoms with Gasteiger partial charge in [-0.25, -0.2) is 14.6 Å². The third-order valence-corrected chi connectivity index (χ3v) is 3.41. The van der Waals surface area contributed by atoms with Crippen molar-refractivity contribution < 1.29 is 14.7 Å². The lowest BCUT2D eigenvalue weighted by Crippen LogP contribution is -2.46. The highest BCUT2D eigenvalue weighted by molar-refractivity contribution is 7.98. The minimum Gasteiger partial charge on any atom is -0.480 e. The summed E-state index contributed by atoms with van der Waals surface area (Å²) in [6, 6.07) is -1.34. The minimum atomic E-state index is -1.02. The maximum absolute atomic E-state index is 11.5. The van der Waals surface area contributed by atoms with E-state index in [0.29, 0.717) is 18.7 Å². The molecule has 1 atom stereocenters. The second kappa shape index (κ2) is 7.93. The second-order valence-corrected chi connectivity index (χ2v) is 5.18. The molecule has 0 saturated heterocycles. The first-order chi connectivity index (χ1) is 8.63. The quantitative estimate of drug-likeness (QED) is 0.700. The van der Waals surface area contributed by atoms with E-state index < -0.39 is 18.0 Å². The summed E-state index contributed by atoms with van der Waals surface area (Å²) in [6.45, 7) is 0.296. The Bertz CT molecular complexity index is 384. The summed E-state index contributed by atoms with van der Waals surface area (Å²) in [6.07, 6.45) is 2.29. The van der Waals surface area contributed by atoms with Gasteiger partial charge in [-0.15, -0.1) is 11.3 Å². The summed E-state index contributed by atoms with van der Waals surface area (Å²) in [5.74, 6) is -0.337. The van der Waals surface area contributed by atoms with Crippen LogP contribution in [-0.2, 0) is 11.3 Å². The number of thiazole rings is 1. The zero-order valence-electron chi connectivity index (χ0n) is 9.88. The van der Waals surface area contributed by atoms with E-state index in [9.17, 15) is 9.59 Å². The van der Waals surface area contributed by atoms with Crippen LogP contribution in [0.5, 0.6) is 0 Å². The van der Waals surface area contributed by atoms with Crippen LogP contribution in [0.1, 0.15) is 12.1 Å². The molecule has 0 spiro atoms. The molecule has 18 heavy (non-hydrogen) atoms. The van der Waals surface area contributed by atoms with Gasteiger partial charge in [-0.1, -0.05) is 0 Å². The summed E-state index contributed by atoms with van der Waals surface area (Å²) < 4.78 is 0. The van der Waals surface area contributed by atoms with Crippen molar-refractivity contribution in [3.63, 3.8) is 0 Å². The SMILES string of the molecule is CSCC[C@H](NC(=O)NCc1cscn1)C(=O)O. The zero-order chi connectivity index (χ0) is 13.4. The molecule has 1 aromatic heterocycles. The molecule has 0 radical (unpaired) electrons. The Kier molecular flexibility index (Phi) is 6.51. The molecule has 0 aliphatic carbocycles. The highest BCUT2D eigenvalue weighted by Crippen LogP contribution is 2.02. The van der Waals surface area contributed by atoms with Crippen LogP contribution in [-0.4, -0.2) is 40.1 Å². The van der Waals surface area contributed by atoms with Crippen LogP contribution in [0.15, 0.2) is 10.9 Å². The number of carboxylic acid groups (broad SMARTS) is 1. The standard InChI is InChI=1S/C10H15N3O3S2/c1-17-3-2-8(9(14)15)13-10(16)11-4-7-5-18-6-12-7/h5-6,8H,2-4H2,1H3,(H,14,15)(H2,11,13,16)/t8-/m0/s1. The van der Waals surface area contributed by atoms with Gasteiger partial charge in [0.2, 0.25) is 0 Å². The summed E-state index contributed by atoms with van der Waals surface area (Å²) in [5, 5.41) is 15.8. The molecule has 1 aromatic rings. The van der Waals surface area contributed by atoms with Crippen LogP contribution in [0.25, 0.3) is 0 Å². The van der Waals surface area contributed by atoms with E-state index >= 15 is 0 Å². The summed E-state index contributed by atoms with van der Waals surface area (Å²) >= 11 is 2.98. The topological polar surface area (TPSA) is 91.3 Å². The molecule has 0 fully saturated rings. The van der Waals surface area contributed by atoms with Gasteiger partial charge >= 0.3 is 12.0 Å². The number of hydrogen-bond acceptors (Lipinski definition) is 5. The van der Waals surface area contributed by atoms with Gasteiger partial charge in [-0.2, -0.15) is 11.8 Å². The van der Waals surface area contributed by atoms with Crippen molar-refractivity contribution in [1.29, 1.82) is 0 Å². The maximum atomic E-state index is 11.5. The van der Waals surface area contributed by atoms with E-state index in [-0.39, 0.29) is 0 Å². The van der Waals surface area contributed by atoms with Crippen LogP contribution in [0, 0.1) is 0 Å². The first kappa shape index (κ1) is 14.8. The van der Waals surface area contributed by atoms with Gasteiger partial charge in [0.05, 0.1) is 17.7 Å². The van der Waals surface area contributed by atoms with Gasteiger partial charge in [0, 0.05) is 5.38 Å². The number of rotatable bonds is 7. The Morgan fingerprint density at radius 3 is 2.94 bits per heavy atom. The van der Waals surface area contributed by atoms with Gasteiger partial charge < -0.3 is 15.7 Å². The number of amides is 2. The lowest BCUT2D eigenvalue weighted by molar-refractivity contribution is -0.139. The Morgan fingerprint density at radius 2 is 2.39 bits per heavy atom. The van der Waals surface area contributed by atoms with Crippen molar-refractivity contribution in [2.24, 2.45) is 0 Å². The fraction of sp³-hybridized carbons (Fsp3) is 0.500. The van der Waals surface area contributed by atoms with Gasteiger partial charge in [0.25, 0.3) is 0 Å². The lowest BCUT2D eigenvalue weighted by atomic mass is 10.2. The highest BCUT2D eigenvalue weighted by atomic mass is 32.2. The Balaban J connectivity index is 2.34. The monoisotopic (exact) mass is 289 g/mol. The molecule has 0 aliphatic heterocycles. The Labute approximate surface area is 113 Å². The molecular formula is C10H15N3O3S2. The van der Waals surface area contributed by atoms with Crippen molar-refractivity contribution in [3.8, 4) is 0 Å². The Morgan fingerprint density at radius 1 is 1.61 bits per heavy atom. The number of nitrogens with one attached hydrogen (secondary N) is 2. The molecule has 6 nitrogen and oxygen atoms in total. The molecule has 100 valence electrons. The van der Waals surface area contributed by atoms with Crippen molar-refractivity contribution in [3.05, 3.63) is 16.6 Å². The number of aromatic nitrogens is 1. The third-order valence-electron chi connectivity index (χ3n) is 2.13. The number of carbonyl (C=O) groups excluding carboxylic acids is 1. The maximum Gasteiger partial charge on any atom is 0.326 e. The van der Waals surface area contributed by atoms with Crippen LogP contribution < -0.4 is 10.6 Å². The van der Waals surface area contributed by atoms with E-state index in [1.165, 1.54) is 11.3 Å². The molecule has 3 N–H and O–H groups in total. The first-order valence-corrected chi connectivity index (χ1v) is 7.60. The molecule has 0 aliphatic rings. The average Bonchev–Trinajstić information content (AvgIpc) is 2.84. The number of hydrogen-bond donors (Lipinski definition) is 3. The predicted molar refractivity (Wildman–Crippen MR) is 71.9 cm³/mol. The molecule has 0 saturated carbocycles. The molecule has 1 heterocycles. The van der Waals surface area contributed by atoms with Crippen LogP contribution >= 0.6 is 23.1 Å². The predicted octanol–water partition coefficient (Wildman–Crippen LogP) is 1.15. The van der Waals surface area contributed by atoms with Crippen molar-refractivity contribution >= 4 is 35.1 Å². The number of carbonyl (C=O) groups is 2. The van der Waals surface area contributed by atoms with Gasteiger partial charge in [0.15, 0.2) is 0 Å². The Hall–Kier alpha value is -1.28. The van der Waals surface area contributed by atoms with Crippen LogP contribution in [0.2, 0.25) is 0 Å². The van der Waals surface area contributed by atoms with Gasteiger partial charge in [0.1, 0.15) is 6.04 Å². The fourth-order valence-corrected chi connectivity index (χ4v) is 2.23. The first-order valence-electron chi connectivity index (χ1n) is 5.26. The number of carboxylic acids is 1. The van der Waals surface area contributed by atoms with Crippen molar-refractivity contribution in [2.75, 3.05) is 12.0 Å². The molecule has 0 unspecified atom stereocenters. The molecule has 0 aromatic carbocycles. The number of aliphatic carboxylic acids is 1. The zero-order valence-corrected chi connectivity index (χ0v) is 11.5. The largest absolute Gasteiger partial charge is 0.480 e. The summed E-state index contributed by atoms with van der Waals surface area (Å²) in [5.41, 5.74) is 2.43. The third kappa shape index (κ3) is 5.37. The second-order valence-electron chi connectivity index (χ2n) is 3.48. The molecular weight excluding hydrogens is 274 g/mol. The number of thioether (sulfide) groups is 1. The molecule has 8 heteroatoms. The van der Waals surface area contributed by atoms with E-state index in [1.54, 1.807) is 17.3 Å². The van der Waals surface area contributed by atoms with Gasteiger partial charge in [-0.3, -0.25) is 0 Å². The van der Waals surface area contributed by atoms with Gasteiger partial charge in [-0.05, 0) is 18.4 Å². The molecule has 1 rings (SSSR count). The fourth-order valence-electron chi connectivity index (χ4n) is 1.20. The number of nitrogens with zero attached hydrogens (tertiary/aromatic N) is 1. The molecule has 2 amide bonds. The lowest BCUT2D eigenvalue weighted by Gasteiger charge is -2.14. The molecule has 0 bridgehead atoms. The van der Waals surface area contributed by atoms with Crippen molar-refractivity contribution in [2.45, 2.75) is 19.0 Å². The van der Waals surface area contributed by atoms with Crippen molar-refractivity contribution in [1.82, 2.24) is 15.6 Å². The van der Waals surface area contributed by atoms with E-state index in [0.717, 1.165) is 5.69 Å². The smallest absolute Gasteiger partial charge is 0.326 e. The van der Waals surface area contributed by atoms with E-state index in [1.807, 2.05) is 11.6 Å². The van der Waals surface area contributed by atoms with E-state index in [2.05, 4.69) is 15.6 Å². The van der Waals surface area contributed by atoms with Crippen LogP contribution in [0.3, 0.4) is 0 Å². The highest BCUT2D eigenvalue weighted by Gasteiger charge is 2.18. The van der Waals surface area contributed by atoms with E-state index in [4.69, 9.17) is 5.11 Å². The number of urea groups is 1. The van der Waals surface area contributed by atoms with Crippen LogP contribution in [0.4, 0.5) is 4.79 Å². The minimum absolute atomic E-state index is 0.296. The normalized spacial score (nSPS) is 11.8. The summed E-state index contributed by atoms with van der Waals surface area (Å²) in [7, 11) is 0. The average molecular weight is 289 g/mol. The summed E-state index contributed by atoms with van der Waals surface area (Å²) in [4.78, 5) is 26.4.